The number of ether oxygens (including phenoxy) is 1. The van der Waals surface area contributed by atoms with Crippen molar-refractivity contribution in [2.75, 3.05) is 26.7 Å². The van der Waals surface area contributed by atoms with Crippen molar-refractivity contribution in [3.8, 4) is 0 Å². The predicted molar refractivity (Wildman–Crippen MR) is 82.8 cm³/mol. The maximum absolute atomic E-state index is 12.4. The zero-order valence-corrected chi connectivity index (χ0v) is 13.9. The molecule has 0 aliphatic heterocycles. The van der Waals surface area contributed by atoms with Crippen LogP contribution in [0.25, 0.3) is 0 Å². The van der Waals surface area contributed by atoms with Crippen molar-refractivity contribution < 1.29 is 9.53 Å². The Hall–Kier alpha value is -0.610. The first kappa shape index (κ1) is 17.4. The minimum atomic E-state index is -0.456. The SMILES string of the molecule is CCCNC1(C(=O)OCC)CCC(N(C)CC(C)C)C1. The molecule has 0 spiro atoms. The zero-order chi connectivity index (χ0) is 15.2. The van der Waals surface area contributed by atoms with Gasteiger partial charge in [-0.05, 0) is 52.1 Å². The summed E-state index contributed by atoms with van der Waals surface area (Å²) in [5, 5.41) is 3.47. The fourth-order valence-electron chi connectivity index (χ4n) is 3.17. The first-order chi connectivity index (χ1) is 9.45. The molecular weight excluding hydrogens is 252 g/mol. The third-order valence-corrected chi connectivity index (χ3v) is 4.14. The molecule has 0 saturated heterocycles. The van der Waals surface area contributed by atoms with Crippen LogP contribution in [-0.2, 0) is 9.53 Å². The van der Waals surface area contributed by atoms with Crippen LogP contribution in [0.5, 0.6) is 0 Å². The van der Waals surface area contributed by atoms with E-state index in [1.165, 1.54) is 0 Å². The number of nitrogens with zero attached hydrogens (tertiary/aromatic N) is 1. The number of carbonyl (C=O) groups excluding carboxylic acids is 1. The van der Waals surface area contributed by atoms with Gasteiger partial charge >= 0.3 is 5.97 Å². The van der Waals surface area contributed by atoms with Gasteiger partial charge in [-0.1, -0.05) is 20.8 Å². The summed E-state index contributed by atoms with van der Waals surface area (Å²) in [4.78, 5) is 14.8. The van der Waals surface area contributed by atoms with Gasteiger partial charge < -0.3 is 15.0 Å². The van der Waals surface area contributed by atoms with Crippen LogP contribution in [0, 0.1) is 5.92 Å². The molecule has 1 fully saturated rings. The van der Waals surface area contributed by atoms with Gasteiger partial charge in [-0.3, -0.25) is 4.79 Å². The van der Waals surface area contributed by atoms with E-state index >= 15 is 0 Å². The minimum absolute atomic E-state index is 0.0612. The van der Waals surface area contributed by atoms with Crippen LogP contribution in [0.4, 0.5) is 0 Å². The molecule has 118 valence electrons. The molecule has 0 radical (unpaired) electrons. The summed E-state index contributed by atoms with van der Waals surface area (Å²) < 4.78 is 5.32. The Morgan fingerprint density at radius 1 is 1.45 bits per heavy atom. The van der Waals surface area contributed by atoms with E-state index in [0.717, 1.165) is 38.8 Å². The van der Waals surface area contributed by atoms with E-state index in [-0.39, 0.29) is 5.97 Å². The van der Waals surface area contributed by atoms with Gasteiger partial charge in [0.15, 0.2) is 0 Å². The van der Waals surface area contributed by atoms with E-state index in [1.54, 1.807) is 0 Å². The van der Waals surface area contributed by atoms with Crippen LogP contribution in [0.2, 0.25) is 0 Å². The second-order valence-corrected chi connectivity index (χ2v) is 6.46. The van der Waals surface area contributed by atoms with E-state index < -0.39 is 5.54 Å². The average Bonchev–Trinajstić information content (AvgIpc) is 2.82. The van der Waals surface area contributed by atoms with Gasteiger partial charge in [-0.2, -0.15) is 0 Å². The van der Waals surface area contributed by atoms with Crippen LogP contribution in [0.3, 0.4) is 0 Å². The van der Waals surface area contributed by atoms with Gasteiger partial charge in [0.1, 0.15) is 5.54 Å². The Morgan fingerprint density at radius 3 is 2.70 bits per heavy atom. The summed E-state index contributed by atoms with van der Waals surface area (Å²) in [6.07, 6.45) is 3.86. The minimum Gasteiger partial charge on any atom is -0.465 e. The summed E-state index contributed by atoms with van der Waals surface area (Å²) in [5.74, 6) is 0.593. The molecule has 1 saturated carbocycles. The number of esters is 1. The van der Waals surface area contributed by atoms with Gasteiger partial charge in [0.2, 0.25) is 0 Å². The average molecular weight is 284 g/mol. The lowest BCUT2D eigenvalue weighted by atomic mass is 9.96. The van der Waals surface area contributed by atoms with Crippen molar-refractivity contribution in [3.63, 3.8) is 0 Å². The molecular formula is C16H32N2O2. The summed E-state index contributed by atoms with van der Waals surface area (Å²) in [6, 6.07) is 0.478. The maximum atomic E-state index is 12.4. The highest BCUT2D eigenvalue weighted by molar-refractivity contribution is 5.81. The van der Waals surface area contributed by atoms with Crippen molar-refractivity contribution in [3.05, 3.63) is 0 Å². The molecule has 0 amide bonds. The Balaban J connectivity index is 2.70. The van der Waals surface area contributed by atoms with Crippen LogP contribution < -0.4 is 5.32 Å². The highest BCUT2D eigenvalue weighted by atomic mass is 16.5. The van der Waals surface area contributed by atoms with Crippen molar-refractivity contribution in [2.24, 2.45) is 5.92 Å². The molecule has 0 aromatic carbocycles. The van der Waals surface area contributed by atoms with Crippen molar-refractivity contribution in [1.29, 1.82) is 0 Å². The van der Waals surface area contributed by atoms with Gasteiger partial charge in [0.25, 0.3) is 0 Å². The van der Waals surface area contributed by atoms with Crippen molar-refractivity contribution in [1.82, 2.24) is 10.2 Å². The quantitative estimate of drug-likeness (QED) is 0.695. The van der Waals surface area contributed by atoms with Crippen LogP contribution in [0.1, 0.15) is 53.4 Å². The summed E-state index contributed by atoms with van der Waals surface area (Å²) in [6.45, 7) is 10.9. The lowest BCUT2D eigenvalue weighted by molar-refractivity contribution is -0.151. The predicted octanol–water partition coefficient (Wildman–Crippen LogP) is 2.43. The summed E-state index contributed by atoms with van der Waals surface area (Å²) >= 11 is 0. The number of hydrogen-bond acceptors (Lipinski definition) is 4. The first-order valence-corrected chi connectivity index (χ1v) is 8.07. The second kappa shape index (κ2) is 7.99. The lowest BCUT2D eigenvalue weighted by Crippen LogP contribution is -2.52. The molecule has 4 nitrogen and oxygen atoms in total. The summed E-state index contributed by atoms with van der Waals surface area (Å²) in [7, 11) is 2.17. The largest absolute Gasteiger partial charge is 0.465 e. The molecule has 1 aliphatic carbocycles. The van der Waals surface area contributed by atoms with Gasteiger partial charge in [0, 0.05) is 12.6 Å². The monoisotopic (exact) mass is 284 g/mol. The molecule has 1 rings (SSSR count). The Bertz CT molecular complexity index is 307. The van der Waals surface area contributed by atoms with Crippen LogP contribution >= 0.6 is 0 Å². The molecule has 0 bridgehead atoms. The van der Waals surface area contributed by atoms with Crippen molar-refractivity contribution in [2.45, 2.75) is 65.0 Å². The number of hydrogen-bond donors (Lipinski definition) is 1. The Labute approximate surface area is 124 Å². The standard InChI is InChI=1S/C16H32N2O2/c1-6-10-17-16(15(19)20-7-2)9-8-14(11-16)18(5)12-13(3)4/h13-14,17H,6-12H2,1-5H3. The molecule has 0 aromatic heterocycles. The lowest BCUT2D eigenvalue weighted by Gasteiger charge is -2.31. The highest BCUT2D eigenvalue weighted by Gasteiger charge is 2.46. The van der Waals surface area contributed by atoms with E-state index in [9.17, 15) is 4.79 Å². The first-order valence-electron chi connectivity index (χ1n) is 8.07. The smallest absolute Gasteiger partial charge is 0.326 e. The normalized spacial score (nSPS) is 26.4. The van der Waals surface area contributed by atoms with E-state index in [2.05, 4.69) is 38.0 Å². The Kier molecular flexibility index (Phi) is 6.96. The molecule has 2 unspecified atom stereocenters. The zero-order valence-electron chi connectivity index (χ0n) is 13.9. The fourth-order valence-corrected chi connectivity index (χ4v) is 3.17. The van der Waals surface area contributed by atoms with Crippen LogP contribution in [0.15, 0.2) is 0 Å². The number of nitrogens with one attached hydrogen (secondary N) is 1. The topological polar surface area (TPSA) is 41.6 Å². The van der Waals surface area contributed by atoms with E-state index in [1.807, 2.05) is 6.92 Å². The fraction of sp³-hybridized carbons (Fsp3) is 0.938. The van der Waals surface area contributed by atoms with Gasteiger partial charge in [0.05, 0.1) is 6.61 Å². The Morgan fingerprint density at radius 2 is 2.15 bits per heavy atom. The summed E-state index contributed by atoms with van der Waals surface area (Å²) in [5.41, 5.74) is -0.456. The maximum Gasteiger partial charge on any atom is 0.326 e. The van der Waals surface area contributed by atoms with E-state index in [0.29, 0.717) is 18.6 Å². The molecule has 0 heterocycles. The molecule has 4 heteroatoms. The third kappa shape index (κ3) is 4.45. The number of carbonyl (C=O) groups is 1. The van der Waals surface area contributed by atoms with Crippen LogP contribution in [-0.4, -0.2) is 49.2 Å². The highest BCUT2D eigenvalue weighted by Crippen LogP contribution is 2.34. The number of rotatable bonds is 8. The van der Waals surface area contributed by atoms with E-state index in [4.69, 9.17) is 4.74 Å². The molecule has 1 N–H and O–H groups in total. The van der Waals surface area contributed by atoms with Gasteiger partial charge in [-0.25, -0.2) is 0 Å². The van der Waals surface area contributed by atoms with Crippen molar-refractivity contribution >= 4 is 5.97 Å². The second-order valence-electron chi connectivity index (χ2n) is 6.46. The molecule has 1 aliphatic rings. The molecule has 0 aromatic rings. The molecule has 2 atom stereocenters. The molecule has 20 heavy (non-hydrogen) atoms. The third-order valence-electron chi connectivity index (χ3n) is 4.14. The van der Waals surface area contributed by atoms with Gasteiger partial charge in [-0.15, -0.1) is 0 Å².